The molecule has 0 unspecified atom stereocenters. The van der Waals surface area contributed by atoms with Gasteiger partial charge in [-0.05, 0) is 12.8 Å². The van der Waals surface area contributed by atoms with E-state index in [9.17, 15) is 19.2 Å². The summed E-state index contributed by atoms with van der Waals surface area (Å²) in [5.74, 6) is -1.67. The molecule has 0 atom stereocenters. The molecule has 0 aromatic rings. The van der Waals surface area contributed by atoms with E-state index in [2.05, 4.69) is 0 Å². The Morgan fingerprint density at radius 3 is 1.12 bits per heavy atom. The van der Waals surface area contributed by atoms with E-state index in [1.54, 1.807) is 0 Å². The molecule has 0 aliphatic heterocycles. The molecule has 0 rings (SSSR count). The second-order valence-corrected chi connectivity index (χ2v) is 6.80. The fourth-order valence-corrected chi connectivity index (χ4v) is 2.71. The highest BCUT2D eigenvalue weighted by molar-refractivity contribution is 5.77. The summed E-state index contributed by atoms with van der Waals surface area (Å²) in [7, 11) is 0. The lowest BCUT2D eigenvalue weighted by molar-refractivity contribution is -0.148. The first-order valence-corrected chi connectivity index (χ1v) is 10.7. The summed E-state index contributed by atoms with van der Waals surface area (Å²) in [6.07, 6.45) is 0.837. The molecule has 0 bridgehead atoms. The van der Waals surface area contributed by atoms with Gasteiger partial charge in [0.1, 0.15) is 13.2 Å². The number of unbranched alkanes of at least 4 members (excludes halogenated alkanes) is 1. The van der Waals surface area contributed by atoms with Gasteiger partial charge < -0.3 is 39.7 Å². The molecule has 2 amide bonds. The Morgan fingerprint density at radius 1 is 0.531 bits per heavy atom. The molecule has 186 valence electrons. The Kier molecular flexibility index (Phi) is 18.0. The van der Waals surface area contributed by atoms with Crippen LogP contribution in [0.15, 0.2) is 0 Å². The van der Waals surface area contributed by atoms with E-state index in [1.807, 2.05) is 0 Å². The van der Waals surface area contributed by atoms with Gasteiger partial charge in [-0.3, -0.25) is 19.2 Å². The van der Waals surface area contributed by atoms with E-state index in [0.717, 1.165) is 0 Å². The third kappa shape index (κ3) is 14.7. The second kappa shape index (κ2) is 19.4. The number of hydrogen-bond acceptors (Lipinski definition) is 10. The fraction of sp³-hybridized carbons (Fsp3) is 0.800. The molecule has 0 aliphatic carbocycles. The molecule has 0 aromatic heterocycles. The maximum Gasteiger partial charge on any atom is 0.305 e. The van der Waals surface area contributed by atoms with Crippen molar-refractivity contribution in [1.82, 2.24) is 9.80 Å². The van der Waals surface area contributed by atoms with Gasteiger partial charge in [-0.1, -0.05) is 0 Å². The van der Waals surface area contributed by atoms with Gasteiger partial charge in [0.15, 0.2) is 0 Å². The summed E-state index contributed by atoms with van der Waals surface area (Å²) in [4.78, 5) is 49.7. The number of hydrogen-bond donors (Lipinski definition) is 4. The lowest BCUT2D eigenvalue weighted by atomic mass is 10.2. The zero-order valence-electron chi connectivity index (χ0n) is 18.4. The van der Waals surface area contributed by atoms with E-state index < -0.39 is 11.9 Å². The van der Waals surface area contributed by atoms with Gasteiger partial charge in [-0.25, -0.2) is 0 Å². The van der Waals surface area contributed by atoms with Crippen LogP contribution in [-0.4, -0.2) is 120 Å². The quantitative estimate of drug-likeness (QED) is 0.124. The summed E-state index contributed by atoms with van der Waals surface area (Å²) < 4.78 is 9.95. The number of carbonyl (C=O) groups is 4. The molecule has 0 radical (unpaired) electrons. The van der Waals surface area contributed by atoms with Crippen LogP contribution >= 0.6 is 0 Å². The molecule has 0 spiro atoms. The minimum atomic E-state index is -0.500. The first-order chi connectivity index (χ1) is 15.4. The van der Waals surface area contributed by atoms with Crippen LogP contribution in [-0.2, 0) is 28.7 Å². The van der Waals surface area contributed by atoms with Crippen molar-refractivity contribution in [2.45, 2.75) is 38.5 Å². The number of ether oxygens (including phenoxy) is 2. The maximum atomic E-state index is 11.9. The Hall–Kier alpha value is -2.28. The average molecular weight is 465 g/mol. The molecule has 0 heterocycles. The van der Waals surface area contributed by atoms with Crippen LogP contribution in [0, 0.1) is 0 Å². The summed E-state index contributed by atoms with van der Waals surface area (Å²) in [6.45, 7) is -0.724. The standard InChI is InChI=1S/C20H36N2O10/c23-11-7-21(8-12-24)17(27)5-15-31-19(29)3-1-2-4-20(30)32-16-6-18(28)22(9-13-25)10-14-26/h23-26H,1-16H2. The largest absolute Gasteiger partial charge is 0.465 e. The Balaban J connectivity index is 3.89. The van der Waals surface area contributed by atoms with E-state index in [0.29, 0.717) is 12.8 Å². The van der Waals surface area contributed by atoms with Crippen molar-refractivity contribution in [3.8, 4) is 0 Å². The van der Waals surface area contributed by atoms with Crippen molar-refractivity contribution < 1.29 is 49.1 Å². The SMILES string of the molecule is O=C(CCCCC(=O)OCCC(=O)N(CCO)CCO)OCCC(=O)N(CCO)CCO. The van der Waals surface area contributed by atoms with Crippen LogP contribution in [0.1, 0.15) is 38.5 Å². The van der Waals surface area contributed by atoms with Crippen molar-refractivity contribution in [2.75, 3.05) is 65.8 Å². The number of aliphatic hydroxyl groups excluding tert-OH is 4. The average Bonchev–Trinajstić information content (AvgIpc) is 2.76. The number of aliphatic hydroxyl groups is 4. The van der Waals surface area contributed by atoms with Crippen molar-refractivity contribution in [1.29, 1.82) is 0 Å². The van der Waals surface area contributed by atoms with Gasteiger partial charge in [0.05, 0.1) is 39.3 Å². The molecule has 32 heavy (non-hydrogen) atoms. The summed E-state index contributed by atoms with van der Waals surface area (Å²) >= 11 is 0. The van der Waals surface area contributed by atoms with Gasteiger partial charge in [0, 0.05) is 39.0 Å². The topological polar surface area (TPSA) is 174 Å². The van der Waals surface area contributed by atoms with Crippen LogP contribution < -0.4 is 0 Å². The number of esters is 2. The fourth-order valence-electron chi connectivity index (χ4n) is 2.71. The van der Waals surface area contributed by atoms with Gasteiger partial charge >= 0.3 is 11.9 Å². The first-order valence-electron chi connectivity index (χ1n) is 10.7. The molecule has 0 saturated carbocycles. The zero-order chi connectivity index (χ0) is 24.2. The molecule has 4 N–H and O–H groups in total. The molecular formula is C20H36N2O10. The van der Waals surface area contributed by atoms with E-state index >= 15 is 0 Å². The zero-order valence-corrected chi connectivity index (χ0v) is 18.4. The number of nitrogens with zero attached hydrogens (tertiary/aromatic N) is 2. The van der Waals surface area contributed by atoms with Gasteiger partial charge in [-0.15, -0.1) is 0 Å². The highest BCUT2D eigenvalue weighted by atomic mass is 16.5. The van der Waals surface area contributed by atoms with Crippen LogP contribution in [0.2, 0.25) is 0 Å². The Labute approximate surface area is 187 Å². The molecule has 12 nitrogen and oxygen atoms in total. The third-order valence-corrected chi connectivity index (χ3v) is 4.35. The van der Waals surface area contributed by atoms with Gasteiger partial charge in [0.25, 0.3) is 0 Å². The molecule has 0 aliphatic rings. The van der Waals surface area contributed by atoms with E-state index in [1.165, 1.54) is 9.80 Å². The minimum absolute atomic E-state index is 0.0508. The molecule has 12 heteroatoms. The number of rotatable bonds is 19. The predicted molar refractivity (Wildman–Crippen MR) is 111 cm³/mol. The lowest BCUT2D eigenvalue weighted by Crippen LogP contribution is -2.36. The van der Waals surface area contributed by atoms with Crippen molar-refractivity contribution >= 4 is 23.8 Å². The van der Waals surface area contributed by atoms with Crippen LogP contribution in [0.5, 0.6) is 0 Å². The summed E-state index contributed by atoms with van der Waals surface area (Å²) in [6, 6.07) is 0. The summed E-state index contributed by atoms with van der Waals surface area (Å²) in [5.41, 5.74) is 0. The van der Waals surface area contributed by atoms with E-state index in [-0.39, 0.29) is 103 Å². The van der Waals surface area contributed by atoms with E-state index in [4.69, 9.17) is 29.9 Å². The number of amides is 2. The molecule has 0 aromatic carbocycles. The van der Waals surface area contributed by atoms with Crippen molar-refractivity contribution in [3.63, 3.8) is 0 Å². The Morgan fingerprint density at radius 2 is 0.844 bits per heavy atom. The van der Waals surface area contributed by atoms with Crippen LogP contribution in [0.3, 0.4) is 0 Å². The monoisotopic (exact) mass is 464 g/mol. The van der Waals surface area contributed by atoms with Gasteiger partial charge in [-0.2, -0.15) is 0 Å². The molecular weight excluding hydrogens is 428 g/mol. The third-order valence-electron chi connectivity index (χ3n) is 4.35. The highest BCUT2D eigenvalue weighted by Crippen LogP contribution is 2.05. The molecule has 0 fully saturated rings. The van der Waals surface area contributed by atoms with Crippen LogP contribution in [0.4, 0.5) is 0 Å². The van der Waals surface area contributed by atoms with Crippen LogP contribution in [0.25, 0.3) is 0 Å². The lowest BCUT2D eigenvalue weighted by Gasteiger charge is -2.20. The smallest absolute Gasteiger partial charge is 0.305 e. The Bertz CT molecular complexity index is 498. The van der Waals surface area contributed by atoms with Crippen molar-refractivity contribution in [3.05, 3.63) is 0 Å². The van der Waals surface area contributed by atoms with Crippen molar-refractivity contribution in [2.24, 2.45) is 0 Å². The minimum Gasteiger partial charge on any atom is -0.465 e. The normalized spacial score (nSPS) is 10.5. The maximum absolute atomic E-state index is 11.9. The van der Waals surface area contributed by atoms with Gasteiger partial charge in [0.2, 0.25) is 11.8 Å². The second-order valence-electron chi connectivity index (χ2n) is 6.80. The summed E-state index contributed by atoms with van der Waals surface area (Å²) in [5, 5.41) is 35.6. The number of carbonyl (C=O) groups excluding carboxylic acids is 4. The predicted octanol–water partition coefficient (Wildman–Crippen LogP) is -1.96. The first kappa shape index (κ1) is 29.7. The molecule has 0 saturated heterocycles. The highest BCUT2D eigenvalue weighted by Gasteiger charge is 2.15.